The number of rotatable bonds is 5. The van der Waals surface area contributed by atoms with Crippen molar-refractivity contribution in [3.8, 4) is 0 Å². The van der Waals surface area contributed by atoms with Crippen LogP contribution in [0.15, 0.2) is 0 Å². The molecule has 1 unspecified atom stereocenters. The van der Waals surface area contributed by atoms with Crippen LogP contribution in [0.2, 0.25) is 0 Å². The van der Waals surface area contributed by atoms with Gasteiger partial charge in [-0.2, -0.15) is 0 Å². The third-order valence-electron chi connectivity index (χ3n) is 3.23. The van der Waals surface area contributed by atoms with Crippen LogP contribution in [0, 0.1) is 0 Å². The third-order valence-corrected chi connectivity index (χ3v) is 4.54. The largest absolute Gasteiger partial charge is 0.377 e. The van der Waals surface area contributed by atoms with Crippen molar-refractivity contribution < 1.29 is 17.9 Å². The number of carbonyl (C=O) groups is 1. The quantitative estimate of drug-likeness (QED) is 0.704. The Kier molecular flexibility index (Phi) is 5.55. The predicted molar refractivity (Wildman–Crippen MR) is 68.7 cm³/mol. The minimum atomic E-state index is -3.21. The Balaban J connectivity index is 2.49. The molecule has 1 saturated heterocycles. The lowest BCUT2D eigenvalue weighted by Crippen LogP contribution is -2.49. The number of sulfonamides is 1. The monoisotopic (exact) mass is 278 g/mol. The molecule has 0 radical (unpaired) electrons. The van der Waals surface area contributed by atoms with Crippen LogP contribution in [0.25, 0.3) is 0 Å². The Morgan fingerprint density at radius 2 is 2.17 bits per heavy atom. The molecule has 7 heteroatoms. The van der Waals surface area contributed by atoms with Gasteiger partial charge in [0.25, 0.3) is 0 Å². The zero-order chi connectivity index (χ0) is 13.8. The van der Waals surface area contributed by atoms with Crippen LogP contribution in [0.3, 0.4) is 0 Å². The summed E-state index contributed by atoms with van der Waals surface area (Å²) in [5.41, 5.74) is 0. The normalized spacial score (nSPS) is 21.3. The first kappa shape index (κ1) is 15.4. The van der Waals surface area contributed by atoms with Gasteiger partial charge in [0.05, 0.1) is 25.5 Å². The summed E-state index contributed by atoms with van der Waals surface area (Å²) < 4.78 is 29.0. The van der Waals surface area contributed by atoms with Gasteiger partial charge in [0.2, 0.25) is 15.9 Å². The van der Waals surface area contributed by atoms with Gasteiger partial charge in [-0.3, -0.25) is 4.79 Å². The van der Waals surface area contributed by atoms with E-state index in [-0.39, 0.29) is 24.9 Å². The summed E-state index contributed by atoms with van der Waals surface area (Å²) in [4.78, 5) is 13.9. The van der Waals surface area contributed by atoms with E-state index in [0.29, 0.717) is 19.8 Å². The van der Waals surface area contributed by atoms with Gasteiger partial charge in [-0.1, -0.05) is 6.92 Å². The van der Waals surface area contributed by atoms with Crippen molar-refractivity contribution in [2.45, 2.75) is 25.8 Å². The zero-order valence-electron chi connectivity index (χ0n) is 11.3. The molecule has 0 aromatic carbocycles. The van der Waals surface area contributed by atoms with Crippen molar-refractivity contribution in [2.75, 3.05) is 39.6 Å². The molecular weight excluding hydrogens is 256 g/mol. The van der Waals surface area contributed by atoms with Gasteiger partial charge in [0.15, 0.2) is 0 Å². The van der Waals surface area contributed by atoms with Gasteiger partial charge in [-0.25, -0.2) is 12.7 Å². The van der Waals surface area contributed by atoms with Crippen molar-refractivity contribution in [3.05, 3.63) is 0 Å². The van der Waals surface area contributed by atoms with E-state index in [1.165, 1.54) is 11.4 Å². The molecule has 1 atom stereocenters. The lowest BCUT2D eigenvalue weighted by molar-refractivity contribution is -0.140. The molecule has 106 valence electrons. The van der Waals surface area contributed by atoms with Gasteiger partial charge in [-0.15, -0.1) is 0 Å². The number of hydrogen-bond acceptors (Lipinski definition) is 4. The molecule has 1 aliphatic heterocycles. The highest BCUT2D eigenvalue weighted by molar-refractivity contribution is 7.88. The maximum atomic E-state index is 12.0. The molecule has 0 N–H and O–H groups in total. The summed E-state index contributed by atoms with van der Waals surface area (Å²) in [6.45, 7) is 3.97. The maximum Gasteiger partial charge on any atom is 0.224 e. The molecule has 0 aromatic heterocycles. The molecule has 1 rings (SSSR count). The Labute approximate surface area is 109 Å². The molecule has 1 amide bonds. The van der Waals surface area contributed by atoms with E-state index in [4.69, 9.17) is 4.74 Å². The highest BCUT2D eigenvalue weighted by atomic mass is 32.2. The Morgan fingerprint density at radius 1 is 1.50 bits per heavy atom. The number of morpholine rings is 1. The molecule has 1 aliphatic rings. The average Bonchev–Trinajstić information content (AvgIpc) is 2.34. The van der Waals surface area contributed by atoms with Crippen LogP contribution in [0.5, 0.6) is 0 Å². The number of hydrogen-bond donors (Lipinski definition) is 0. The average molecular weight is 278 g/mol. The van der Waals surface area contributed by atoms with Crippen LogP contribution >= 0.6 is 0 Å². The number of amides is 1. The zero-order valence-corrected chi connectivity index (χ0v) is 12.1. The highest BCUT2D eigenvalue weighted by Crippen LogP contribution is 2.12. The lowest BCUT2D eigenvalue weighted by Gasteiger charge is -2.35. The van der Waals surface area contributed by atoms with Crippen molar-refractivity contribution in [2.24, 2.45) is 0 Å². The summed E-state index contributed by atoms with van der Waals surface area (Å²) in [6.07, 6.45) is 2.22. The second-order valence-electron chi connectivity index (χ2n) is 4.56. The SMILES string of the molecule is CCC1COCCN1C(=O)CCN(C)S(C)(=O)=O. The van der Waals surface area contributed by atoms with E-state index in [1.807, 2.05) is 6.92 Å². The summed E-state index contributed by atoms with van der Waals surface area (Å²) in [5.74, 6) is 0.000602. The van der Waals surface area contributed by atoms with Gasteiger partial charge < -0.3 is 9.64 Å². The fourth-order valence-electron chi connectivity index (χ4n) is 1.88. The van der Waals surface area contributed by atoms with Gasteiger partial charge >= 0.3 is 0 Å². The molecule has 18 heavy (non-hydrogen) atoms. The van der Waals surface area contributed by atoms with Crippen LogP contribution < -0.4 is 0 Å². The van der Waals surface area contributed by atoms with Gasteiger partial charge in [0.1, 0.15) is 0 Å². The summed E-state index contributed by atoms with van der Waals surface area (Å²) in [5, 5.41) is 0. The van der Waals surface area contributed by atoms with Crippen LogP contribution in [0.4, 0.5) is 0 Å². The second-order valence-corrected chi connectivity index (χ2v) is 6.65. The standard InChI is InChI=1S/C11H22N2O4S/c1-4-10-9-17-8-7-13(10)11(14)5-6-12(2)18(3,15)16/h10H,4-9H2,1-3H3. The van der Waals surface area contributed by atoms with Crippen molar-refractivity contribution in [1.82, 2.24) is 9.21 Å². The summed E-state index contributed by atoms with van der Waals surface area (Å²) in [6, 6.07) is 0.120. The van der Waals surface area contributed by atoms with E-state index in [9.17, 15) is 13.2 Å². The van der Waals surface area contributed by atoms with E-state index < -0.39 is 10.0 Å². The number of nitrogens with zero attached hydrogens (tertiary/aromatic N) is 2. The second kappa shape index (κ2) is 6.49. The van der Waals surface area contributed by atoms with Crippen LogP contribution in [0.1, 0.15) is 19.8 Å². The predicted octanol–water partition coefficient (Wildman–Crippen LogP) is -0.0947. The topological polar surface area (TPSA) is 66.9 Å². The van der Waals surface area contributed by atoms with Crippen molar-refractivity contribution in [1.29, 1.82) is 0 Å². The van der Waals surface area contributed by atoms with Gasteiger partial charge in [-0.05, 0) is 6.42 Å². The highest BCUT2D eigenvalue weighted by Gasteiger charge is 2.26. The first-order chi connectivity index (χ1) is 8.36. The molecule has 0 aliphatic carbocycles. The Hall–Kier alpha value is -0.660. The fraction of sp³-hybridized carbons (Fsp3) is 0.909. The van der Waals surface area contributed by atoms with E-state index in [1.54, 1.807) is 4.90 Å². The first-order valence-electron chi connectivity index (χ1n) is 6.14. The molecule has 1 heterocycles. The minimum absolute atomic E-state index is 0.000602. The first-order valence-corrected chi connectivity index (χ1v) is 7.99. The molecular formula is C11H22N2O4S. The maximum absolute atomic E-state index is 12.0. The Morgan fingerprint density at radius 3 is 2.72 bits per heavy atom. The van der Waals surface area contributed by atoms with E-state index in [0.717, 1.165) is 12.7 Å². The third kappa shape index (κ3) is 4.22. The van der Waals surface area contributed by atoms with Crippen molar-refractivity contribution >= 4 is 15.9 Å². The molecule has 1 fully saturated rings. The number of carbonyl (C=O) groups excluding carboxylic acids is 1. The van der Waals surface area contributed by atoms with E-state index >= 15 is 0 Å². The molecule has 0 aromatic rings. The lowest BCUT2D eigenvalue weighted by atomic mass is 10.1. The molecule has 0 saturated carbocycles. The molecule has 0 bridgehead atoms. The van der Waals surface area contributed by atoms with Crippen LogP contribution in [-0.2, 0) is 19.6 Å². The van der Waals surface area contributed by atoms with Crippen molar-refractivity contribution in [3.63, 3.8) is 0 Å². The molecule has 6 nitrogen and oxygen atoms in total. The Bertz CT molecular complexity index is 383. The summed E-state index contributed by atoms with van der Waals surface area (Å²) >= 11 is 0. The number of ether oxygens (including phenoxy) is 1. The van der Waals surface area contributed by atoms with E-state index in [2.05, 4.69) is 0 Å². The molecule has 0 spiro atoms. The smallest absolute Gasteiger partial charge is 0.224 e. The van der Waals surface area contributed by atoms with Gasteiger partial charge in [0, 0.05) is 26.6 Å². The fourth-order valence-corrected chi connectivity index (χ4v) is 2.31. The van der Waals surface area contributed by atoms with Crippen LogP contribution in [-0.4, -0.2) is 69.2 Å². The minimum Gasteiger partial charge on any atom is -0.377 e. The summed E-state index contributed by atoms with van der Waals surface area (Å²) in [7, 11) is -1.73.